The van der Waals surface area contributed by atoms with Crippen LogP contribution in [-0.2, 0) is 4.79 Å². The molecular formula is C19H27N5OS. The molecular weight excluding hydrogens is 346 g/mol. The molecule has 6 nitrogen and oxygen atoms in total. The first-order valence-corrected chi connectivity index (χ1v) is 10.6. The summed E-state index contributed by atoms with van der Waals surface area (Å²) in [5, 5.41) is 13.8. The van der Waals surface area contributed by atoms with Gasteiger partial charge in [-0.15, -0.1) is 10.2 Å². The first-order valence-electron chi connectivity index (χ1n) is 9.82. The Hall–Kier alpha value is -1.89. The molecule has 26 heavy (non-hydrogen) atoms. The molecule has 1 saturated carbocycles. The maximum absolute atomic E-state index is 12.8. The van der Waals surface area contributed by atoms with Crippen LogP contribution in [-0.4, -0.2) is 39.8 Å². The summed E-state index contributed by atoms with van der Waals surface area (Å²) in [5.74, 6) is 0.294. The normalized spacial score (nSPS) is 22.2. The van der Waals surface area contributed by atoms with E-state index in [1.165, 1.54) is 25.7 Å². The number of hydrogen-bond donors (Lipinski definition) is 1. The molecule has 1 aliphatic carbocycles. The Morgan fingerprint density at radius 1 is 1.00 bits per heavy atom. The topological polar surface area (TPSA) is 63.1 Å². The highest BCUT2D eigenvalue weighted by atomic mass is 32.1. The summed E-state index contributed by atoms with van der Waals surface area (Å²) in [6, 6.07) is 4.34. The molecule has 1 amide bonds. The van der Waals surface area contributed by atoms with Gasteiger partial charge in [-0.3, -0.25) is 9.36 Å². The van der Waals surface area contributed by atoms with E-state index in [-0.39, 0.29) is 11.8 Å². The summed E-state index contributed by atoms with van der Waals surface area (Å²) in [4.78, 5) is 15.0. The number of rotatable bonds is 4. The van der Waals surface area contributed by atoms with E-state index in [1.807, 2.05) is 29.1 Å². The third kappa shape index (κ3) is 4.09. The summed E-state index contributed by atoms with van der Waals surface area (Å²) in [5.41, 5.74) is 0. The first-order chi connectivity index (χ1) is 12.8. The minimum absolute atomic E-state index is 0.0610. The van der Waals surface area contributed by atoms with Crippen molar-refractivity contribution in [2.75, 3.05) is 18.0 Å². The van der Waals surface area contributed by atoms with Crippen LogP contribution in [0.5, 0.6) is 0 Å². The Morgan fingerprint density at radius 2 is 1.73 bits per heavy atom. The van der Waals surface area contributed by atoms with Gasteiger partial charge in [0, 0.05) is 31.5 Å². The lowest BCUT2D eigenvalue weighted by Crippen LogP contribution is -2.46. The first kappa shape index (κ1) is 17.5. The van der Waals surface area contributed by atoms with Crippen LogP contribution in [0.4, 0.5) is 5.13 Å². The average Bonchev–Trinajstić information content (AvgIpc) is 3.30. The zero-order chi connectivity index (χ0) is 17.8. The quantitative estimate of drug-likeness (QED) is 0.835. The van der Waals surface area contributed by atoms with E-state index >= 15 is 0 Å². The van der Waals surface area contributed by atoms with Crippen molar-refractivity contribution in [3.05, 3.63) is 24.5 Å². The second-order valence-corrected chi connectivity index (χ2v) is 8.37. The Kier molecular flexibility index (Phi) is 5.53. The monoisotopic (exact) mass is 373 g/mol. The standard InChI is InChI=1S/C19H27N5OS/c25-17(20-16-9-3-1-2-4-10-16)15-8-7-13-24(14-15)19-22-21-18(26-19)23-11-5-6-12-23/h5-6,11-12,15-16H,1-4,7-10,13-14H2,(H,20,25). The number of anilines is 1. The van der Waals surface area contributed by atoms with E-state index in [9.17, 15) is 4.79 Å². The minimum atomic E-state index is 0.0610. The fourth-order valence-electron chi connectivity index (χ4n) is 4.01. The van der Waals surface area contributed by atoms with Crippen LogP contribution >= 0.6 is 11.3 Å². The molecule has 7 heteroatoms. The van der Waals surface area contributed by atoms with E-state index in [0.717, 1.165) is 49.0 Å². The van der Waals surface area contributed by atoms with Gasteiger partial charge in [0.2, 0.25) is 16.2 Å². The van der Waals surface area contributed by atoms with Gasteiger partial charge in [0.05, 0.1) is 5.92 Å². The zero-order valence-electron chi connectivity index (χ0n) is 15.1. The fraction of sp³-hybridized carbons (Fsp3) is 0.632. The van der Waals surface area contributed by atoms with Crippen molar-refractivity contribution in [3.63, 3.8) is 0 Å². The van der Waals surface area contributed by atoms with Crippen molar-refractivity contribution < 1.29 is 4.79 Å². The van der Waals surface area contributed by atoms with Crippen LogP contribution in [0.1, 0.15) is 51.4 Å². The summed E-state index contributed by atoms with van der Waals surface area (Å²) < 4.78 is 1.97. The Labute approximate surface area is 158 Å². The molecule has 1 unspecified atom stereocenters. The zero-order valence-corrected chi connectivity index (χ0v) is 16.0. The highest BCUT2D eigenvalue weighted by Gasteiger charge is 2.29. The summed E-state index contributed by atoms with van der Waals surface area (Å²) >= 11 is 1.58. The van der Waals surface area contributed by atoms with Crippen LogP contribution in [0.2, 0.25) is 0 Å². The molecule has 1 N–H and O–H groups in total. The van der Waals surface area contributed by atoms with E-state index in [1.54, 1.807) is 11.3 Å². The Balaban J connectivity index is 1.37. The molecule has 3 heterocycles. The van der Waals surface area contributed by atoms with Crippen LogP contribution in [0.3, 0.4) is 0 Å². The van der Waals surface area contributed by atoms with Crippen molar-refractivity contribution in [2.24, 2.45) is 5.92 Å². The van der Waals surface area contributed by atoms with Crippen molar-refractivity contribution in [1.82, 2.24) is 20.1 Å². The molecule has 2 fully saturated rings. The van der Waals surface area contributed by atoms with Crippen molar-refractivity contribution in [1.29, 1.82) is 0 Å². The van der Waals surface area contributed by atoms with Crippen molar-refractivity contribution in [2.45, 2.75) is 57.4 Å². The summed E-state index contributed by atoms with van der Waals surface area (Å²) in [7, 11) is 0. The predicted octanol–water partition coefficient (Wildman–Crippen LogP) is 3.38. The third-order valence-corrected chi connectivity index (χ3v) is 6.49. The van der Waals surface area contributed by atoms with Crippen molar-refractivity contribution in [3.8, 4) is 5.13 Å². The van der Waals surface area contributed by atoms with Crippen LogP contribution in [0.25, 0.3) is 5.13 Å². The molecule has 0 aromatic carbocycles. The second-order valence-electron chi connectivity index (χ2n) is 7.44. The number of nitrogens with one attached hydrogen (secondary N) is 1. The van der Waals surface area contributed by atoms with E-state index in [2.05, 4.69) is 20.4 Å². The van der Waals surface area contributed by atoms with Gasteiger partial charge < -0.3 is 10.2 Å². The van der Waals surface area contributed by atoms with E-state index in [0.29, 0.717) is 6.04 Å². The second kappa shape index (κ2) is 8.20. The number of carbonyl (C=O) groups excluding carboxylic acids is 1. The molecule has 1 atom stereocenters. The number of carbonyl (C=O) groups is 1. The number of hydrogen-bond acceptors (Lipinski definition) is 5. The molecule has 2 aromatic rings. The number of aromatic nitrogens is 3. The Morgan fingerprint density at radius 3 is 2.50 bits per heavy atom. The Bertz CT molecular complexity index is 705. The van der Waals surface area contributed by atoms with Gasteiger partial charge in [-0.2, -0.15) is 0 Å². The number of piperidine rings is 1. The number of nitrogens with zero attached hydrogens (tertiary/aromatic N) is 4. The maximum atomic E-state index is 12.8. The predicted molar refractivity (Wildman–Crippen MR) is 104 cm³/mol. The summed E-state index contributed by atoms with van der Waals surface area (Å²) in [6.45, 7) is 1.70. The van der Waals surface area contributed by atoms with Gasteiger partial charge in [-0.1, -0.05) is 37.0 Å². The molecule has 0 radical (unpaired) electrons. The molecule has 0 bridgehead atoms. The third-order valence-electron chi connectivity index (χ3n) is 5.49. The van der Waals surface area contributed by atoms with Gasteiger partial charge in [0.15, 0.2) is 0 Å². The van der Waals surface area contributed by atoms with Crippen molar-refractivity contribution >= 4 is 22.4 Å². The van der Waals surface area contributed by atoms with Gasteiger partial charge >= 0.3 is 0 Å². The average molecular weight is 374 g/mol. The molecule has 140 valence electrons. The lowest BCUT2D eigenvalue weighted by atomic mass is 9.96. The molecule has 4 rings (SSSR count). The van der Waals surface area contributed by atoms with E-state index in [4.69, 9.17) is 0 Å². The maximum Gasteiger partial charge on any atom is 0.225 e. The fourth-order valence-corrected chi connectivity index (χ4v) is 4.86. The lowest BCUT2D eigenvalue weighted by molar-refractivity contribution is -0.126. The van der Waals surface area contributed by atoms with Gasteiger partial charge in [0.25, 0.3) is 0 Å². The largest absolute Gasteiger partial charge is 0.353 e. The van der Waals surface area contributed by atoms with Gasteiger partial charge in [0.1, 0.15) is 0 Å². The van der Waals surface area contributed by atoms with Gasteiger partial charge in [-0.25, -0.2) is 0 Å². The minimum Gasteiger partial charge on any atom is -0.353 e. The number of amides is 1. The molecule has 1 saturated heterocycles. The summed E-state index contributed by atoms with van der Waals surface area (Å²) in [6.07, 6.45) is 13.3. The van der Waals surface area contributed by atoms with Crippen LogP contribution in [0, 0.1) is 5.92 Å². The molecule has 0 spiro atoms. The highest BCUT2D eigenvalue weighted by molar-refractivity contribution is 7.17. The van der Waals surface area contributed by atoms with Crippen LogP contribution < -0.4 is 10.2 Å². The molecule has 2 aliphatic rings. The molecule has 2 aromatic heterocycles. The molecule has 1 aliphatic heterocycles. The lowest BCUT2D eigenvalue weighted by Gasteiger charge is -2.32. The van der Waals surface area contributed by atoms with Gasteiger partial charge in [-0.05, 0) is 37.8 Å². The van der Waals surface area contributed by atoms with Crippen LogP contribution in [0.15, 0.2) is 24.5 Å². The SMILES string of the molecule is O=C(NC1CCCCCC1)C1CCCN(c2nnc(-n3cccc3)s2)C1. The highest BCUT2D eigenvalue weighted by Crippen LogP contribution is 2.28. The van der Waals surface area contributed by atoms with E-state index < -0.39 is 0 Å². The smallest absolute Gasteiger partial charge is 0.225 e.